The van der Waals surface area contributed by atoms with Gasteiger partial charge in [-0.25, -0.2) is 0 Å². The van der Waals surface area contributed by atoms with Crippen molar-refractivity contribution in [1.82, 2.24) is 9.97 Å². The van der Waals surface area contributed by atoms with Gasteiger partial charge in [-0.05, 0) is 37.1 Å². The Hall–Kier alpha value is -2.88. The van der Waals surface area contributed by atoms with Crippen molar-refractivity contribution in [3.63, 3.8) is 0 Å². The Labute approximate surface area is 141 Å². The molecule has 1 aliphatic rings. The van der Waals surface area contributed by atoms with Crippen molar-refractivity contribution in [3.05, 3.63) is 66.1 Å². The molecule has 2 aromatic heterocycles. The monoisotopic (exact) mass is 317 g/mol. The van der Waals surface area contributed by atoms with E-state index in [1.165, 1.54) is 0 Å². The van der Waals surface area contributed by atoms with E-state index in [9.17, 15) is 4.79 Å². The molecule has 24 heavy (non-hydrogen) atoms. The van der Waals surface area contributed by atoms with Crippen LogP contribution in [-0.2, 0) is 6.42 Å². The van der Waals surface area contributed by atoms with Gasteiger partial charge < -0.3 is 10.3 Å². The van der Waals surface area contributed by atoms with Crippen molar-refractivity contribution in [2.75, 3.05) is 5.32 Å². The number of fused-ring (bicyclic) bond motifs is 1. The molecule has 0 aliphatic heterocycles. The Bertz CT molecular complexity index is 869. The summed E-state index contributed by atoms with van der Waals surface area (Å²) in [6, 6.07) is 13.9. The van der Waals surface area contributed by atoms with Gasteiger partial charge in [-0.2, -0.15) is 0 Å². The van der Waals surface area contributed by atoms with Crippen LogP contribution in [0.2, 0.25) is 0 Å². The van der Waals surface area contributed by atoms with E-state index in [1.807, 2.05) is 49.4 Å². The number of nitrogens with zero attached hydrogens (tertiary/aromatic N) is 1. The number of anilines is 2. The lowest BCUT2D eigenvalue weighted by molar-refractivity contribution is 0.0914. The fourth-order valence-electron chi connectivity index (χ4n) is 3.28. The lowest BCUT2D eigenvalue weighted by atomic mass is 9.87. The number of carbonyl (C=O) groups is 1. The number of nitrogens with one attached hydrogen (secondary N) is 2. The van der Waals surface area contributed by atoms with Gasteiger partial charge in [-0.1, -0.05) is 25.1 Å². The van der Waals surface area contributed by atoms with Crippen molar-refractivity contribution in [2.45, 2.75) is 19.8 Å². The average Bonchev–Trinajstić information content (AvgIpc) is 2.99. The van der Waals surface area contributed by atoms with Gasteiger partial charge in [0.2, 0.25) is 0 Å². The standard InChI is InChI=1S/C20H19N3O/c1-13-7-8-16-17(20(13)24)19(22-15-5-3-2-4-6-15)18(23-16)14-9-11-21-12-10-14/h2-6,9-13,22-23H,7-8H2,1H3/t13-/m0/s1. The van der Waals surface area contributed by atoms with Gasteiger partial charge in [0.15, 0.2) is 5.78 Å². The predicted molar refractivity (Wildman–Crippen MR) is 95.6 cm³/mol. The van der Waals surface area contributed by atoms with Crippen LogP contribution in [-0.4, -0.2) is 15.8 Å². The van der Waals surface area contributed by atoms with E-state index in [4.69, 9.17) is 0 Å². The SMILES string of the molecule is C[C@H]1CCc2[nH]c(-c3ccncc3)c(Nc3ccccc3)c2C1=O. The molecule has 0 spiro atoms. The molecule has 1 atom stereocenters. The fourth-order valence-corrected chi connectivity index (χ4v) is 3.28. The van der Waals surface area contributed by atoms with Crippen LogP contribution in [0.3, 0.4) is 0 Å². The molecule has 0 saturated heterocycles. The molecule has 1 aromatic carbocycles. The number of para-hydroxylation sites is 1. The van der Waals surface area contributed by atoms with Gasteiger partial charge >= 0.3 is 0 Å². The number of aryl methyl sites for hydroxylation is 1. The Morgan fingerprint density at radius 1 is 1.12 bits per heavy atom. The Morgan fingerprint density at radius 2 is 1.88 bits per heavy atom. The van der Waals surface area contributed by atoms with Crippen LogP contribution in [0.4, 0.5) is 11.4 Å². The first-order chi connectivity index (χ1) is 11.7. The number of H-pyrrole nitrogens is 1. The summed E-state index contributed by atoms with van der Waals surface area (Å²) in [4.78, 5) is 20.4. The largest absolute Gasteiger partial charge is 0.356 e. The zero-order valence-electron chi connectivity index (χ0n) is 13.5. The average molecular weight is 317 g/mol. The summed E-state index contributed by atoms with van der Waals surface area (Å²) in [6.45, 7) is 2.01. The van der Waals surface area contributed by atoms with E-state index in [0.717, 1.165) is 46.7 Å². The number of aromatic amines is 1. The van der Waals surface area contributed by atoms with Gasteiger partial charge in [0, 0.05) is 35.3 Å². The molecule has 1 aliphatic carbocycles. The first-order valence-corrected chi connectivity index (χ1v) is 8.25. The molecular weight excluding hydrogens is 298 g/mol. The van der Waals surface area contributed by atoms with E-state index in [2.05, 4.69) is 15.3 Å². The number of pyridine rings is 1. The van der Waals surface area contributed by atoms with Gasteiger partial charge in [-0.15, -0.1) is 0 Å². The normalized spacial score (nSPS) is 16.7. The molecule has 0 saturated carbocycles. The quantitative estimate of drug-likeness (QED) is 0.743. The van der Waals surface area contributed by atoms with Crippen molar-refractivity contribution in [2.24, 2.45) is 5.92 Å². The second-order valence-corrected chi connectivity index (χ2v) is 6.26. The van der Waals surface area contributed by atoms with Crippen molar-refractivity contribution in [3.8, 4) is 11.3 Å². The third-order valence-electron chi connectivity index (χ3n) is 4.61. The molecule has 2 N–H and O–H groups in total. The van der Waals surface area contributed by atoms with Gasteiger partial charge in [0.05, 0.1) is 16.9 Å². The maximum atomic E-state index is 12.8. The third kappa shape index (κ3) is 2.50. The molecule has 0 bridgehead atoms. The molecule has 120 valence electrons. The molecule has 4 rings (SSSR count). The fraction of sp³-hybridized carbons (Fsp3) is 0.200. The Balaban J connectivity index is 1.88. The molecule has 0 fully saturated rings. The van der Waals surface area contributed by atoms with E-state index in [1.54, 1.807) is 12.4 Å². The summed E-state index contributed by atoms with van der Waals surface area (Å²) < 4.78 is 0. The minimum atomic E-state index is 0.0647. The molecule has 0 radical (unpaired) electrons. The van der Waals surface area contributed by atoms with Crippen LogP contribution < -0.4 is 5.32 Å². The molecule has 0 unspecified atom stereocenters. The highest BCUT2D eigenvalue weighted by Gasteiger charge is 2.31. The lowest BCUT2D eigenvalue weighted by Crippen LogP contribution is -2.20. The van der Waals surface area contributed by atoms with Crippen LogP contribution in [0.25, 0.3) is 11.3 Å². The zero-order valence-corrected chi connectivity index (χ0v) is 13.5. The maximum absolute atomic E-state index is 12.8. The summed E-state index contributed by atoms with van der Waals surface area (Å²) in [7, 11) is 0. The summed E-state index contributed by atoms with van der Waals surface area (Å²) in [5, 5.41) is 3.46. The van der Waals surface area contributed by atoms with E-state index in [-0.39, 0.29) is 11.7 Å². The number of Topliss-reactive ketones (excluding diaryl/α,β-unsaturated/α-hetero) is 1. The summed E-state index contributed by atoms with van der Waals surface area (Å²) >= 11 is 0. The van der Waals surface area contributed by atoms with Crippen molar-refractivity contribution >= 4 is 17.2 Å². The highest BCUT2D eigenvalue weighted by Crippen LogP contribution is 2.39. The van der Waals surface area contributed by atoms with Crippen LogP contribution >= 0.6 is 0 Å². The number of rotatable bonds is 3. The highest BCUT2D eigenvalue weighted by molar-refractivity contribution is 6.08. The van der Waals surface area contributed by atoms with E-state index < -0.39 is 0 Å². The highest BCUT2D eigenvalue weighted by atomic mass is 16.1. The minimum Gasteiger partial charge on any atom is -0.356 e. The van der Waals surface area contributed by atoms with E-state index in [0.29, 0.717) is 0 Å². The molecule has 3 aromatic rings. The van der Waals surface area contributed by atoms with Gasteiger partial charge in [0.1, 0.15) is 0 Å². The number of benzene rings is 1. The predicted octanol–water partition coefficient (Wildman–Crippen LogP) is 4.59. The number of carbonyl (C=O) groups excluding carboxylic acids is 1. The topological polar surface area (TPSA) is 57.8 Å². The van der Waals surface area contributed by atoms with Gasteiger partial charge in [0.25, 0.3) is 0 Å². The number of hydrogen-bond acceptors (Lipinski definition) is 3. The van der Waals surface area contributed by atoms with E-state index >= 15 is 0 Å². The van der Waals surface area contributed by atoms with Crippen LogP contribution in [0, 0.1) is 5.92 Å². The van der Waals surface area contributed by atoms with Crippen LogP contribution in [0.15, 0.2) is 54.9 Å². The number of hydrogen-bond donors (Lipinski definition) is 2. The summed E-state index contributed by atoms with van der Waals surface area (Å²) in [5.41, 5.74) is 5.67. The molecule has 2 heterocycles. The second kappa shape index (κ2) is 5.96. The summed E-state index contributed by atoms with van der Waals surface area (Å²) in [5.74, 6) is 0.279. The van der Waals surface area contributed by atoms with Crippen LogP contribution in [0.5, 0.6) is 0 Å². The smallest absolute Gasteiger partial charge is 0.169 e. The zero-order chi connectivity index (χ0) is 16.5. The number of ketones is 1. The first-order valence-electron chi connectivity index (χ1n) is 8.25. The van der Waals surface area contributed by atoms with Crippen molar-refractivity contribution in [1.29, 1.82) is 0 Å². The number of aromatic nitrogens is 2. The minimum absolute atomic E-state index is 0.0647. The second-order valence-electron chi connectivity index (χ2n) is 6.26. The molecular formula is C20H19N3O. The third-order valence-corrected chi connectivity index (χ3v) is 4.61. The Kier molecular flexibility index (Phi) is 3.65. The molecule has 4 heteroatoms. The molecule has 0 amide bonds. The first kappa shape index (κ1) is 14.7. The van der Waals surface area contributed by atoms with Gasteiger partial charge in [-0.3, -0.25) is 9.78 Å². The maximum Gasteiger partial charge on any atom is 0.169 e. The molecule has 4 nitrogen and oxygen atoms in total. The van der Waals surface area contributed by atoms with Crippen molar-refractivity contribution < 1.29 is 4.79 Å². The summed E-state index contributed by atoms with van der Waals surface area (Å²) in [6.07, 6.45) is 5.33. The van der Waals surface area contributed by atoms with Crippen LogP contribution in [0.1, 0.15) is 29.4 Å². The Morgan fingerprint density at radius 3 is 2.62 bits per heavy atom. The lowest BCUT2D eigenvalue weighted by Gasteiger charge is -2.18.